The van der Waals surface area contributed by atoms with Crippen molar-refractivity contribution in [1.29, 1.82) is 0 Å². The molecule has 2 N–H and O–H groups in total. The van der Waals surface area contributed by atoms with E-state index in [1.165, 1.54) is 0 Å². The van der Waals surface area contributed by atoms with E-state index in [1.54, 1.807) is 18.2 Å². The van der Waals surface area contributed by atoms with Gasteiger partial charge in [-0.2, -0.15) is 0 Å². The maximum atomic E-state index is 10.7. The summed E-state index contributed by atoms with van der Waals surface area (Å²) in [5.41, 5.74) is 6.65. The Kier molecular flexibility index (Phi) is 2.97. The maximum absolute atomic E-state index is 10.7. The summed E-state index contributed by atoms with van der Waals surface area (Å²) < 4.78 is 1.08. The second-order valence-electron chi connectivity index (χ2n) is 2.45. The number of rotatable bonds is 2. The third kappa shape index (κ3) is 2.26. The van der Waals surface area contributed by atoms with Gasteiger partial charge in [-0.15, -0.1) is 0 Å². The van der Waals surface area contributed by atoms with Crippen molar-refractivity contribution in [3.05, 3.63) is 36.4 Å². The first kappa shape index (κ1) is 9.67. The van der Waals surface area contributed by atoms with Gasteiger partial charge >= 0.3 is 6.03 Å². The number of carbonyl (C=O) groups is 1. The quantitative estimate of drug-likeness (QED) is 0.695. The van der Waals surface area contributed by atoms with Gasteiger partial charge in [0.15, 0.2) is 0 Å². The van der Waals surface area contributed by atoms with Gasteiger partial charge in [0.25, 0.3) is 0 Å². The average Bonchev–Trinajstić information content (AvgIpc) is 2.17. The lowest BCUT2D eigenvalue weighted by Gasteiger charge is -2.12. The smallest absolute Gasteiger partial charge is 0.329 e. The van der Waals surface area contributed by atoms with Crippen LogP contribution < -0.4 is 10.0 Å². The summed E-state index contributed by atoms with van der Waals surface area (Å²) in [6.07, 6.45) is 1.72. The molecule has 0 aliphatic heterocycles. The molecule has 0 unspecified atom stereocenters. The van der Waals surface area contributed by atoms with Crippen LogP contribution in [-0.4, -0.2) is 6.03 Å². The Morgan fingerprint density at radius 1 is 1.46 bits per heavy atom. The van der Waals surface area contributed by atoms with Crippen molar-refractivity contribution in [1.82, 2.24) is 0 Å². The summed E-state index contributed by atoms with van der Waals surface area (Å²) in [6, 6.07) is 6.54. The molecule has 0 bridgehead atoms. The largest absolute Gasteiger partial charge is 0.350 e. The van der Waals surface area contributed by atoms with Crippen molar-refractivity contribution in [2.45, 2.75) is 0 Å². The second kappa shape index (κ2) is 4.00. The summed E-state index contributed by atoms with van der Waals surface area (Å²) >= 11 is 3.91. The zero-order valence-electron chi connectivity index (χ0n) is 6.97. The molecular formula is C9H10N2OS. The van der Waals surface area contributed by atoms with Crippen molar-refractivity contribution < 1.29 is 4.79 Å². The van der Waals surface area contributed by atoms with Crippen LogP contribution in [0.25, 0.3) is 6.08 Å². The summed E-state index contributed by atoms with van der Waals surface area (Å²) in [6.45, 7) is 3.62. The summed E-state index contributed by atoms with van der Waals surface area (Å²) in [4.78, 5) is 10.7. The highest BCUT2D eigenvalue weighted by atomic mass is 32.1. The number of nitrogens with zero attached hydrogens (tertiary/aromatic N) is 1. The second-order valence-corrected chi connectivity index (χ2v) is 2.85. The number of amides is 2. The molecular weight excluding hydrogens is 184 g/mol. The standard InChI is InChI=1S/C9H10N2OS/c1-2-7-3-5-8(6-4-7)11(13)9(10)12/h2-6,13H,1H2,(H2,10,12). The number of nitrogens with two attached hydrogens (primary N) is 1. The van der Waals surface area contributed by atoms with E-state index in [0.29, 0.717) is 5.69 Å². The molecule has 0 spiro atoms. The molecule has 4 heteroatoms. The highest BCUT2D eigenvalue weighted by molar-refractivity contribution is 7.82. The van der Waals surface area contributed by atoms with E-state index in [4.69, 9.17) is 5.73 Å². The Morgan fingerprint density at radius 2 is 2.00 bits per heavy atom. The Bertz CT molecular complexity index is 321. The van der Waals surface area contributed by atoms with Crippen molar-refractivity contribution in [2.24, 2.45) is 5.73 Å². The van der Waals surface area contributed by atoms with Gasteiger partial charge in [-0.1, -0.05) is 37.6 Å². The van der Waals surface area contributed by atoms with Gasteiger partial charge in [-0.3, -0.25) is 0 Å². The third-order valence-corrected chi connectivity index (χ3v) is 2.01. The van der Waals surface area contributed by atoms with Crippen LogP contribution in [0.15, 0.2) is 30.8 Å². The lowest BCUT2D eigenvalue weighted by Crippen LogP contribution is -2.27. The average molecular weight is 194 g/mol. The zero-order chi connectivity index (χ0) is 9.84. The zero-order valence-corrected chi connectivity index (χ0v) is 7.87. The van der Waals surface area contributed by atoms with Gasteiger partial charge in [-0.05, 0) is 17.7 Å². The number of thiol groups is 1. The van der Waals surface area contributed by atoms with Crippen LogP contribution in [0.4, 0.5) is 10.5 Å². The van der Waals surface area contributed by atoms with Crippen LogP contribution in [0, 0.1) is 0 Å². The minimum Gasteiger partial charge on any atom is -0.350 e. The lowest BCUT2D eigenvalue weighted by molar-refractivity contribution is 0.257. The Labute approximate surface area is 82.4 Å². The van der Waals surface area contributed by atoms with E-state index >= 15 is 0 Å². The third-order valence-electron chi connectivity index (χ3n) is 1.58. The van der Waals surface area contributed by atoms with E-state index < -0.39 is 6.03 Å². The number of urea groups is 1. The topological polar surface area (TPSA) is 46.3 Å². The number of hydrogen-bond donors (Lipinski definition) is 2. The predicted molar refractivity (Wildman–Crippen MR) is 57.6 cm³/mol. The van der Waals surface area contributed by atoms with E-state index in [0.717, 1.165) is 9.87 Å². The van der Waals surface area contributed by atoms with Crippen molar-refractivity contribution in [3.8, 4) is 0 Å². The molecule has 1 rings (SSSR count). The van der Waals surface area contributed by atoms with Crippen molar-refractivity contribution in [3.63, 3.8) is 0 Å². The van der Waals surface area contributed by atoms with Crippen molar-refractivity contribution >= 4 is 30.6 Å². The molecule has 3 nitrogen and oxygen atoms in total. The normalized spacial score (nSPS) is 9.31. The molecule has 0 radical (unpaired) electrons. The highest BCUT2D eigenvalue weighted by Crippen LogP contribution is 2.16. The van der Waals surface area contributed by atoms with E-state index in [-0.39, 0.29) is 0 Å². The Balaban J connectivity index is 2.91. The fourth-order valence-electron chi connectivity index (χ4n) is 0.879. The van der Waals surface area contributed by atoms with Crippen LogP contribution in [0.5, 0.6) is 0 Å². The molecule has 1 aromatic carbocycles. The molecule has 0 atom stereocenters. The van der Waals surface area contributed by atoms with Crippen LogP contribution >= 0.6 is 12.8 Å². The molecule has 0 saturated heterocycles. The maximum Gasteiger partial charge on any atom is 0.329 e. The predicted octanol–water partition coefficient (Wildman–Crippen LogP) is 2.06. The minimum atomic E-state index is -0.602. The highest BCUT2D eigenvalue weighted by Gasteiger charge is 2.05. The first-order chi connectivity index (χ1) is 6.15. The molecule has 0 heterocycles. The summed E-state index contributed by atoms with van der Waals surface area (Å²) in [7, 11) is 0. The first-order valence-electron chi connectivity index (χ1n) is 3.66. The van der Waals surface area contributed by atoms with E-state index in [2.05, 4.69) is 19.4 Å². The van der Waals surface area contributed by atoms with Gasteiger partial charge in [0.1, 0.15) is 0 Å². The number of carbonyl (C=O) groups excluding carboxylic acids is 1. The van der Waals surface area contributed by atoms with Crippen LogP contribution in [0.3, 0.4) is 0 Å². The molecule has 0 aliphatic rings. The van der Waals surface area contributed by atoms with Gasteiger partial charge in [0.05, 0.1) is 5.69 Å². The molecule has 0 aliphatic carbocycles. The van der Waals surface area contributed by atoms with Crippen LogP contribution in [0.2, 0.25) is 0 Å². The molecule has 1 aromatic rings. The minimum absolute atomic E-state index is 0.602. The monoisotopic (exact) mass is 194 g/mol. The van der Waals surface area contributed by atoms with Gasteiger partial charge in [0.2, 0.25) is 0 Å². The molecule has 0 aromatic heterocycles. The summed E-state index contributed by atoms with van der Waals surface area (Å²) in [5, 5.41) is 0. The molecule has 68 valence electrons. The van der Waals surface area contributed by atoms with Gasteiger partial charge < -0.3 is 5.73 Å². The molecule has 0 saturated carbocycles. The molecule has 13 heavy (non-hydrogen) atoms. The van der Waals surface area contributed by atoms with Gasteiger partial charge in [0, 0.05) is 0 Å². The van der Waals surface area contributed by atoms with E-state index in [9.17, 15) is 4.79 Å². The van der Waals surface area contributed by atoms with Crippen LogP contribution in [0.1, 0.15) is 5.56 Å². The van der Waals surface area contributed by atoms with Gasteiger partial charge in [-0.25, -0.2) is 9.10 Å². The Morgan fingerprint density at radius 3 is 2.38 bits per heavy atom. The fourth-order valence-corrected chi connectivity index (χ4v) is 1.01. The number of anilines is 1. The Hall–Kier alpha value is -1.42. The molecule has 2 amide bonds. The fraction of sp³-hybridized carbons (Fsp3) is 0. The number of hydrogen-bond acceptors (Lipinski definition) is 2. The van der Waals surface area contributed by atoms with Crippen molar-refractivity contribution in [2.75, 3.05) is 4.31 Å². The number of primary amides is 1. The SMILES string of the molecule is C=Cc1ccc(N(S)C(N)=O)cc1. The number of benzene rings is 1. The lowest BCUT2D eigenvalue weighted by atomic mass is 10.2. The molecule has 0 fully saturated rings. The summed E-state index contributed by atoms with van der Waals surface area (Å²) in [5.74, 6) is 0. The van der Waals surface area contributed by atoms with E-state index in [1.807, 2.05) is 12.1 Å². The van der Waals surface area contributed by atoms with Crippen LogP contribution in [-0.2, 0) is 0 Å². The first-order valence-corrected chi connectivity index (χ1v) is 4.06.